The normalized spacial score (nSPS) is 22.8. The second-order valence-electron chi connectivity index (χ2n) is 3.67. The highest BCUT2D eigenvalue weighted by atomic mass is 16.5. The second kappa shape index (κ2) is 6.35. The number of ether oxygens (including phenoxy) is 1. The van der Waals surface area contributed by atoms with E-state index < -0.39 is 0 Å². The predicted molar refractivity (Wildman–Crippen MR) is 54.8 cm³/mol. The van der Waals surface area contributed by atoms with Crippen molar-refractivity contribution in [2.45, 2.75) is 32.3 Å². The van der Waals surface area contributed by atoms with Gasteiger partial charge in [0.2, 0.25) is 0 Å². The van der Waals surface area contributed by atoms with Gasteiger partial charge in [0, 0.05) is 13.2 Å². The standard InChI is InChI=1S/C10H22N2O/c1-2-12(7-4-6-11)9-10-5-3-8-13-10/h10H,2-9,11H2,1H3. The molecule has 0 saturated carbocycles. The van der Waals surface area contributed by atoms with Gasteiger partial charge in [-0.25, -0.2) is 0 Å². The highest BCUT2D eigenvalue weighted by Gasteiger charge is 2.17. The van der Waals surface area contributed by atoms with Crippen LogP contribution < -0.4 is 5.73 Å². The molecular formula is C10H22N2O. The Morgan fingerprint density at radius 2 is 2.38 bits per heavy atom. The van der Waals surface area contributed by atoms with E-state index in [1.807, 2.05) is 0 Å². The molecule has 3 heteroatoms. The van der Waals surface area contributed by atoms with Crippen LogP contribution in [0.4, 0.5) is 0 Å². The van der Waals surface area contributed by atoms with E-state index in [0.29, 0.717) is 6.10 Å². The van der Waals surface area contributed by atoms with E-state index in [1.165, 1.54) is 12.8 Å². The molecule has 0 aromatic carbocycles. The van der Waals surface area contributed by atoms with Crippen LogP contribution in [-0.2, 0) is 4.74 Å². The first-order valence-electron chi connectivity index (χ1n) is 5.40. The molecule has 0 amide bonds. The van der Waals surface area contributed by atoms with Gasteiger partial charge < -0.3 is 15.4 Å². The predicted octanol–water partition coefficient (Wildman–Crippen LogP) is 0.836. The van der Waals surface area contributed by atoms with Gasteiger partial charge in [-0.3, -0.25) is 0 Å². The van der Waals surface area contributed by atoms with Crippen molar-refractivity contribution in [3.63, 3.8) is 0 Å². The SMILES string of the molecule is CCN(CCCN)CC1CCCO1. The summed E-state index contributed by atoms with van der Waals surface area (Å²) in [5, 5.41) is 0. The zero-order valence-electron chi connectivity index (χ0n) is 8.67. The van der Waals surface area contributed by atoms with E-state index >= 15 is 0 Å². The Morgan fingerprint density at radius 1 is 1.54 bits per heavy atom. The molecule has 1 atom stereocenters. The molecule has 13 heavy (non-hydrogen) atoms. The lowest BCUT2D eigenvalue weighted by atomic mass is 10.2. The number of rotatable bonds is 6. The Balaban J connectivity index is 2.13. The van der Waals surface area contributed by atoms with Crippen LogP contribution in [-0.4, -0.2) is 43.8 Å². The average Bonchev–Trinajstić information content (AvgIpc) is 2.64. The lowest BCUT2D eigenvalue weighted by molar-refractivity contribution is 0.0747. The van der Waals surface area contributed by atoms with E-state index in [2.05, 4.69) is 11.8 Å². The minimum Gasteiger partial charge on any atom is -0.377 e. The van der Waals surface area contributed by atoms with E-state index in [4.69, 9.17) is 10.5 Å². The third-order valence-corrected chi connectivity index (χ3v) is 2.61. The van der Waals surface area contributed by atoms with Crippen LogP contribution in [0.1, 0.15) is 26.2 Å². The van der Waals surface area contributed by atoms with Crippen molar-refractivity contribution >= 4 is 0 Å². The van der Waals surface area contributed by atoms with Gasteiger partial charge in [-0.15, -0.1) is 0 Å². The van der Waals surface area contributed by atoms with Gasteiger partial charge in [-0.2, -0.15) is 0 Å². The van der Waals surface area contributed by atoms with Crippen molar-refractivity contribution in [1.82, 2.24) is 4.90 Å². The Morgan fingerprint density at radius 3 is 2.92 bits per heavy atom. The molecule has 0 aromatic rings. The van der Waals surface area contributed by atoms with Gasteiger partial charge in [0.25, 0.3) is 0 Å². The van der Waals surface area contributed by atoms with E-state index in [-0.39, 0.29) is 0 Å². The largest absolute Gasteiger partial charge is 0.377 e. The number of likely N-dealkylation sites (N-methyl/N-ethyl adjacent to an activating group) is 1. The van der Waals surface area contributed by atoms with Gasteiger partial charge >= 0.3 is 0 Å². The van der Waals surface area contributed by atoms with Crippen molar-refractivity contribution in [1.29, 1.82) is 0 Å². The van der Waals surface area contributed by atoms with Gasteiger partial charge in [0.1, 0.15) is 0 Å². The minimum absolute atomic E-state index is 0.484. The van der Waals surface area contributed by atoms with Crippen molar-refractivity contribution < 1.29 is 4.74 Å². The quantitative estimate of drug-likeness (QED) is 0.668. The van der Waals surface area contributed by atoms with E-state index in [9.17, 15) is 0 Å². The Hall–Kier alpha value is -0.120. The van der Waals surface area contributed by atoms with Crippen LogP contribution in [0.3, 0.4) is 0 Å². The Bertz CT molecular complexity index is 124. The zero-order chi connectivity index (χ0) is 9.52. The molecule has 2 N–H and O–H groups in total. The molecule has 0 spiro atoms. The summed E-state index contributed by atoms with van der Waals surface area (Å²) in [7, 11) is 0. The smallest absolute Gasteiger partial charge is 0.0702 e. The maximum absolute atomic E-state index is 5.59. The van der Waals surface area contributed by atoms with Crippen molar-refractivity contribution in [3.8, 4) is 0 Å². The summed E-state index contributed by atoms with van der Waals surface area (Å²) < 4.78 is 5.59. The second-order valence-corrected chi connectivity index (χ2v) is 3.67. The van der Waals surface area contributed by atoms with Crippen LogP contribution in [0, 0.1) is 0 Å². The maximum atomic E-state index is 5.59. The molecule has 0 aromatic heterocycles. The molecule has 3 nitrogen and oxygen atoms in total. The first-order valence-corrected chi connectivity index (χ1v) is 5.40. The number of nitrogens with zero attached hydrogens (tertiary/aromatic N) is 1. The summed E-state index contributed by atoms with van der Waals surface area (Å²) in [5.74, 6) is 0. The molecular weight excluding hydrogens is 164 g/mol. The molecule has 1 aliphatic heterocycles. The molecule has 0 radical (unpaired) electrons. The molecule has 1 heterocycles. The topological polar surface area (TPSA) is 38.5 Å². The molecule has 1 rings (SSSR count). The van der Waals surface area contributed by atoms with Crippen LogP contribution in [0.25, 0.3) is 0 Å². The third kappa shape index (κ3) is 4.07. The number of hydrogen-bond donors (Lipinski definition) is 1. The first kappa shape index (κ1) is 11.0. The lowest BCUT2D eigenvalue weighted by Crippen LogP contribution is -2.33. The molecule has 1 fully saturated rings. The van der Waals surface area contributed by atoms with E-state index in [0.717, 1.165) is 39.2 Å². The Labute approximate surface area is 81.2 Å². The summed E-state index contributed by atoms with van der Waals surface area (Å²) in [6, 6.07) is 0. The lowest BCUT2D eigenvalue weighted by Gasteiger charge is -2.23. The highest BCUT2D eigenvalue weighted by molar-refractivity contribution is 4.69. The summed E-state index contributed by atoms with van der Waals surface area (Å²) in [4.78, 5) is 2.43. The van der Waals surface area contributed by atoms with Crippen molar-refractivity contribution in [2.75, 3.05) is 32.8 Å². The van der Waals surface area contributed by atoms with Crippen LogP contribution >= 0.6 is 0 Å². The molecule has 1 unspecified atom stereocenters. The Kier molecular flexibility index (Phi) is 5.35. The van der Waals surface area contributed by atoms with Crippen molar-refractivity contribution in [3.05, 3.63) is 0 Å². The minimum atomic E-state index is 0.484. The molecule has 78 valence electrons. The maximum Gasteiger partial charge on any atom is 0.0702 e. The van der Waals surface area contributed by atoms with Gasteiger partial charge in [-0.05, 0) is 38.9 Å². The highest BCUT2D eigenvalue weighted by Crippen LogP contribution is 2.13. The van der Waals surface area contributed by atoms with Gasteiger partial charge in [0.05, 0.1) is 6.10 Å². The van der Waals surface area contributed by atoms with Crippen LogP contribution in [0.5, 0.6) is 0 Å². The summed E-state index contributed by atoms with van der Waals surface area (Å²) in [5.41, 5.74) is 5.48. The zero-order valence-corrected chi connectivity index (χ0v) is 8.67. The molecule has 0 bridgehead atoms. The fraction of sp³-hybridized carbons (Fsp3) is 1.00. The third-order valence-electron chi connectivity index (χ3n) is 2.61. The van der Waals surface area contributed by atoms with Crippen LogP contribution in [0.15, 0.2) is 0 Å². The van der Waals surface area contributed by atoms with Crippen molar-refractivity contribution in [2.24, 2.45) is 5.73 Å². The monoisotopic (exact) mass is 186 g/mol. The van der Waals surface area contributed by atoms with Gasteiger partial charge in [-0.1, -0.05) is 6.92 Å². The average molecular weight is 186 g/mol. The summed E-state index contributed by atoms with van der Waals surface area (Å²) >= 11 is 0. The number of nitrogens with two attached hydrogens (primary N) is 1. The first-order chi connectivity index (χ1) is 6.36. The fourth-order valence-corrected chi connectivity index (χ4v) is 1.77. The summed E-state index contributed by atoms with van der Waals surface area (Å²) in [6.45, 7) is 7.27. The fourth-order valence-electron chi connectivity index (χ4n) is 1.77. The molecule has 1 saturated heterocycles. The summed E-state index contributed by atoms with van der Waals surface area (Å²) in [6.07, 6.45) is 4.05. The number of hydrogen-bond acceptors (Lipinski definition) is 3. The molecule has 1 aliphatic rings. The van der Waals surface area contributed by atoms with Gasteiger partial charge in [0.15, 0.2) is 0 Å². The molecule has 0 aliphatic carbocycles. The van der Waals surface area contributed by atoms with Crippen LogP contribution in [0.2, 0.25) is 0 Å². The van der Waals surface area contributed by atoms with E-state index in [1.54, 1.807) is 0 Å².